The molecule has 15 heavy (non-hydrogen) atoms. The number of aliphatic imine (C=N–C) groups is 2. The predicted octanol–water partition coefficient (Wildman–Crippen LogP) is 0.789. The lowest BCUT2D eigenvalue weighted by Crippen LogP contribution is -2.30. The van der Waals surface area contributed by atoms with Crippen molar-refractivity contribution in [3.05, 3.63) is 0 Å². The summed E-state index contributed by atoms with van der Waals surface area (Å²) in [5.74, 6) is 0.0621. The molecule has 0 aromatic carbocycles. The quantitative estimate of drug-likeness (QED) is 0.466. The van der Waals surface area contributed by atoms with Crippen LogP contribution in [0.1, 0.15) is 41.0 Å². The number of nitrogens with two attached hydrogens (primary N) is 3. The van der Waals surface area contributed by atoms with Crippen LogP contribution in [0.25, 0.3) is 0 Å². The smallest absolute Gasteiger partial charge is 0.219 e. The number of rotatable bonds is 2. The van der Waals surface area contributed by atoms with Crippen molar-refractivity contribution < 1.29 is 0 Å². The van der Waals surface area contributed by atoms with Crippen LogP contribution in [0, 0.1) is 5.41 Å². The second-order valence-corrected chi connectivity index (χ2v) is 5.56. The fraction of sp³-hybridized carbons (Fsp3) is 0.800. The Balaban J connectivity index is 4.69. The first-order valence-electron chi connectivity index (χ1n) is 4.97. The Morgan fingerprint density at radius 2 is 1.47 bits per heavy atom. The van der Waals surface area contributed by atoms with Crippen molar-refractivity contribution in [3.63, 3.8) is 0 Å². The van der Waals surface area contributed by atoms with E-state index in [9.17, 15) is 0 Å². The molecule has 0 aliphatic heterocycles. The van der Waals surface area contributed by atoms with Gasteiger partial charge in [0.25, 0.3) is 0 Å². The van der Waals surface area contributed by atoms with Crippen molar-refractivity contribution in [2.24, 2.45) is 32.6 Å². The van der Waals surface area contributed by atoms with Gasteiger partial charge in [-0.3, -0.25) is 0 Å². The highest BCUT2D eigenvalue weighted by atomic mass is 15.1. The minimum Gasteiger partial charge on any atom is -0.370 e. The molecule has 0 unspecified atom stereocenters. The molecule has 0 radical (unpaired) electrons. The van der Waals surface area contributed by atoms with Crippen molar-refractivity contribution in [2.45, 2.75) is 46.6 Å². The molecule has 88 valence electrons. The number of hydrogen-bond donors (Lipinski definition) is 3. The van der Waals surface area contributed by atoms with Gasteiger partial charge in [0, 0.05) is 0 Å². The number of hydrogen-bond acceptors (Lipinski definition) is 1. The Hall–Kier alpha value is -1.26. The molecule has 0 amide bonds. The molecule has 5 heteroatoms. The third-order valence-corrected chi connectivity index (χ3v) is 1.62. The molecule has 0 fully saturated rings. The molecular weight excluding hydrogens is 190 g/mol. The lowest BCUT2D eigenvalue weighted by Gasteiger charge is -2.28. The Bertz CT molecular complexity index is 266. The van der Waals surface area contributed by atoms with Crippen LogP contribution in [0.5, 0.6) is 0 Å². The third kappa shape index (κ3) is 7.78. The summed E-state index contributed by atoms with van der Waals surface area (Å²) in [5.41, 5.74) is 15.9. The first-order chi connectivity index (χ1) is 6.52. The third-order valence-electron chi connectivity index (χ3n) is 1.62. The molecule has 0 heterocycles. The van der Waals surface area contributed by atoms with E-state index in [0.29, 0.717) is 0 Å². The molecule has 0 aromatic rings. The topological polar surface area (TPSA) is 103 Å². The Morgan fingerprint density at radius 3 is 1.80 bits per heavy atom. The van der Waals surface area contributed by atoms with Gasteiger partial charge in [-0.2, -0.15) is 4.99 Å². The lowest BCUT2D eigenvalue weighted by molar-refractivity contribution is 0.288. The molecule has 5 nitrogen and oxygen atoms in total. The van der Waals surface area contributed by atoms with Crippen LogP contribution >= 0.6 is 0 Å². The van der Waals surface area contributed by atoms with Gasteiger partial charge in [-0.15, -0.1) is 0 Å². The highest BCUT2D eigenvalue weighted by Crippen LogP contribution is 2.29. The standard InChI is InChI=1S/C10H23N5/c1-9(2,3)6-10(4,5)15-8(13)14-7(11)12/h6H2,1-5H3,(H6,11,12,13,14,15). The number of guanidine groups is 2. The molecule has 0 atom stereocenters. The zero-order valence-corrected chi connectivity index (χ0v) is 10.3. The summed E-state index contributed by atoms with van der Waals surface area (Å²) in [4.78, 5) is 7.97. The highest BCUT2D eigenvalue weighted by molar-refractivity contribution is 5.92. The number of nitrogens with zero attached hydrogens (tertiary/aromatic N) is 2. The average Bonchev–Trinajstić information content (AvgIpc) is 1.73. The van der Waals surface area contributed by atoms with Crippen molar-refractivity contribution in [2.75, 3.05) is 0 Å². The predicted molar refractivity (Wildman–Crippen MR) is 65.6 cm³/mol. The normalized spacial score (nSPS) is 13.8. The van der Waals surface area contributed by atoms with Crippen molar-refractivity contribution in [3.8, 4) is 0 Å². The van der Waals surface area contributed by atoms with E-state index in [0.717, 1.165) is 6.42 Å². The molecule has 0 bridgehead atoms. The van der Waals surface area contributed by atoms with Gasteiger partial charge in [-0.25, -0.2) is 4.99 Å². The van der Waals surface area contributed by atoms with Crippen LogP contribution in [-0.4, -0.2) is 17.5 Å². The maximum atomic E-state index is 5.58. The average molecular weight is 213 g/mol. The Labute approximate surface area is 91.8 Å². The largest absolute Gasteiger partial charge is 0.370 e. The molecule has 0 saturated heterocycles. The van der Waals surface area contributed by atoms with E-state index in [4.69, 9.17) is 17.2 Å². The van der Waals surface area contributed by atoms with E-state index in [1.54, 1.807) is 0 Å². The minimum atomic E-state index is -0.263. The van der Waals surface area contributed by atoms with Crippen molar-refractivity contribution in [1.29, 1.82) is 0 Å². The zero-order valence-electron chi connectivity index (χ0n) is 10.3. The first-order valence-corrected chi connectivity index (χ1v) is 4.97. The monoisotopic (exact) mass is 213 g/mol. The summed E-state index contributed by atoms with van der Waals surface area (Å²) < 4.78 is 0. The van der Waals surface area contributed by atoms with Crippen LogP contribution in [0.4, 0.5) is 0 Å². The molecule has 6 N–H and O–H groups in total. The van der Waals surface area contributed by atoms with Crippen LogP contribution < -0.4 is 17.2 Å². The van der Waals surface area contributed by atoms with Gasteiger partial charge >= 0.3 is 0 Å². The van der Waals surface area contributed by atoms with Crippen LogP contribution in [-0.2, 0) is 0 Å². The zero-order chi connectivity index (χ0) is 12.3. The van der Waals surface area contributed by atoms with E-state index < -0.39 is 0 Å². The maximum absolute atomic E-state index is 5.58. The molecule has 0 saturated carbocycles. The summed E-state index contributed by atoms with van der Waals surface area (Å²) in [7, 11) is 0. The summed E-state index contributed by atoms with van der Waals surface area (Å²) >= 11 is 0. The summed E-state index contributed by atoms with van der Waals surface area (Å²) in [5, 5.41) is 0. The SMILES string of the molecule is CC(C)(C)CC(C)(C)N=C(N)N=C(N)N. The molecule has 0 aliphatic carbocycles. The van der Waals surface area contributed by atoms with Gasteiger partial charge in [0.05, 0.1) is 5.54 Å². The van der Waals surface area contributed by atoms with Gasteiger partial charge in [-0.05, 0) is 25.7 Å². The van der Waals surface area contributed by atoms with Crippen molar-refractivity contribution in [1.82, 2.24) is 0 Å². The van der Waals surface area contributed by atoms with Gasteiger partial charge in [0.15, 0.2) is 5.96 Å². The van der Waals surface area contributed by atoms with Gasteiger partial charge < -0.3 is 17.2 Å². The fourth-order valence-corrected chi connectivity index (χ4v) is 1.80. The molecule has 0 aromatic heterocycles. The van der Waals surface area contributed by atoms with E-state index in [1.807, 2.05) is 13.8 Å². The van der Waals surface area contributed by atoms with E-state index in [2.05, 4.69) is 30.8 Å². The molecular formula is C10H23N5. The minimum absolute atomic E-state index is 0.0668. The van der Waals surface area contributed by atoms with E-state index in [-0.39, 0.29) is 22.9 Å². The highest BCUT2D eigenvalue weighted by Gasteiger charge is 2.25. The van der Waals surface area contributed by atoms with Gasteiger partial charge in [0.1, 0.15) is 0 Å². The first kappa shape index (κ1) is 13.7. The maximum Gasteiger partial charge on any atom is 0.219 e. The van der Waals surface area contributed by atoms with Crippen molar-refractivity contribution >= 4 is 11.9 Å². The molecule has 0 spiro atoms. The van der Waals surface area contributed by atoms with Crippen LogP contribution in [0.3, 0.4) is 0 Å². The fourth-order valence-electron chi connectivity index (χ4n) is 1.80. The summed E-state index contributed by atoms with van der Waals surface area (Å²) in [6, 6.07) is 0. The van der Waals surface area contributed by atoms with Crippen LogP contribution in [0.15, 0.2) is 9.98 Å². The van der Waals surface area contributed by atoms with Crippen LogP contribution in [0.2, 0.25) is 0 Å². The van der Waals surface area contributed by atoms with Gasteiger partial charge in [0.2, 0.25) is 5.96 Å². The lowest BCUT2D eigenvalue weighted by atomic mass is 9.82. The Morgan fingerprint density at radius 1 is 1.00 bits per heavy atom. The second-order valence-electron chi connectivity index (χ2n) is 5.56. The second kappa shape index (κ2) is 4.51. The van der Waals surface area contributed by atoms with E-state index >= 15 is 0 Å². The Kier molecular flexibility index (Phi) is 4.13. The summed E-state index contributed by atoms with van der Waals surface area (Å²) in [6.45, 7) is 10.5. The molecule has 0 aliphatic rings. The van der Waals surface area contributed by atoms with E-state index in [1.165, 1.54) is 0 Å². The summed E-state index contributed by atoms with van der Waals surface area (Å²) in [6.07, 6.45) is 0.903. The molecule has 0 rings (SSSR count). The van der Waals surface area contributed by atoms with Gasteiger partial charge in [-0.1, -0.05) is 20.8 Å².